The quantitative estimate of drug-likeness (QED) is 0.0237. The molecule has 0 aliphatic carbocycles. The van der Waals surface area contributed by atoms with Gasteiger partial charge in [-0.3, -0.25) is 33.6 Å². The number of nitrogens with one attached hydrogen (secondary N) is 7. The molecule has 0 spiro atoms. The van der Waals surface area contributed by atoms with Crippen LogP contribution in [0.25, 0.3) is 22.3 Å². The zero-order valence-electron chi connectivity index (χ0n) is 45.5. The van der Waals surface area contributed by atoms with E-state index in [2.05, 4.69) is 64.9 Å². The monoisotopic (exact) mass is 1140 g/mol. The van der Waals surface area contributed by atoms with Crippen LogP contribution in [0.1, 0.15) is 63.1 Å². The highest BCUT2D eigenvalue weighted by molar-refractivity contribution is 7.80. The summed E-state index contributed by atoms with van der Waals surface area (Å²) in [4.78, 5) is 117. The third kappa shape index (κ3) is 17.7. The molecule has 6 aromatic rings. The van der Waals surface area contributed by atoms with Crippen LogP contribution in [0.2, 0.25) is 0 Å². The number of phenolic OH excluding ortho intramolecular Hbond substituents is 2. The van der Waals surface area contributed by atoms with Crippen LogP contribution in [0.3, 0.4) is 0 Å². The number of carboxylic acids is 1. The van der Waals surface area contributed by atoms with Gasteiger partial charge in [-0.05, 0) is 84.8 Å². The lowest BCUT2D eigenvalue weighted by molar-refractivity contribution is -0.142. The summed E-state index contributed by atoms with van der Waals surface area (Å²) in [5.74, 6) is -6.80. The van der Waals surface area contributed by atoms with E-state index in [4.69, 9.17) is 11.5 Å². The minimum atomic E-state index is -1.53. The fourth-order valence-electron chi connectivity index (χ4n) is 8.82. The predicted molar refractivity (Wildman–Crippen MR) is 309 cm³/mol. The molecule has 4 aromatic carbocycles. The summed E-state index contributed by atoms with van der Waals surface area (Å²) < 4.78 is 1.42. The Morgan fingerprint density at radius 1 is 0.634 bits per heavy atom. The molecule has 82 heavy (non-hydrogen) atoms. The molecule has 24 nitrogen and oxygen atoms in total. The zero-order valence-corrected chi connectivity index (χ0v) is 46.4. The minimum Gasteiger partial charge on any atom is -0.508 e. The molecular weight excluding hydrogens is 1070 g/mol. The number of rotatable bonds is 29. The molecule has 0 saturated carbocycles. The Hall–Kier alpha value is -9.10. The van der Waals surface area contributed by atoms with Gasteiger partial charge in [0.05, 0.1) is 5.39 Å². The number of fused-ring (bicyclic) bond motifs is 1. The number of thiol groups is 1. The number of carbonyl (C=O) groups is 8. The molecule has 2 aromatic heterocycles. The first-order valence-corrected chi connectivity index (χ1v) is 27.2. The molecule has 2 heterocycles. The molecule has 0 aliphatic heterocycles. The van der Waals surface area contributed by atoms with Crippen molar-refractivity contribution in [1.29, 1.82) is 0 Å². The summed E-state index contributed by atoms with van der Waals surface area (Å²) in [6.07, 6.45) is 1.91. The van der Waals surface area contributed by atoms with Crippen LogP contribution in [0.4, 0.5) is 11.5 Å². The molecule has 434 valence electrons. The molecule has 6 rings (SSSR count). The van der Waals surface area contributed by atoms with Gasteiger partial charge < -0.3 is 64.0 Å². The van der Waals surface area contributed by atoms with Crippen LogP contribution in [-0.4, -0.2) is 131 Å². The van der Waals surface area contributed by atoms with Crippen molar-refractivity contribution in [3.05, 3.63) is 126 Å². The van der Waals surface area contributed by atoms with Gasteiger partial charge in [-0.1, -0.05) is 87.0 Å². The van der Waals surface area contributed by atoms with Crippen molar-refractivity contribution in [1.82, 2.24) is 51.6 Å². The first kappa shape index (κ1) is 62.1. The molecule has 7 amide bonds. The summed E-state index contributed by atoms with van der Waals surface area (Å²) in [6.45, 7) is 4.76. The minimum absolute atomic E-state index is 0.00953. The molecule has 0 aliphatic rings. The second-order valence-corrected chi connectivity index (χ2v) is 20.1. The van der Waals surface area contributed by atoms with Gasteiger partial charge in [0.25, 0.3) is 0 Å². The van der Waals surface area contributed by atoms with Crippen LogP contribution < -0.4 is 48.7 Å². The maximum Gasteiger partial charge on any atom is 0.326 e. The van der Waals surface area contributed by atoms with Crippen molar-refractivity contribution in [3.8, 4) is 22.8 Å². The van der Waals surface area contributed by atoms with E-state index in [-0.39, 0.29) is 61.8 Å². The molecule has 14 N–H and O–H groups in total. The number of amides is 7. The Bertz CT molecular complexity index is 3180. The van der Waals surface area contributed by atoms with Crippen molar-refractivity contribution in [3.63, 3.8) is 0 Å². The van der Waals surface area contributed by atoms with Crippen LogP contribution in [-0.2, 0) is 64.2 Å². The van der Waals surface area contributed by atoms with E-state index in [1.165, 1.54) is 54.3 Å². The standard InChI is InChI=1S/C57H69N13O11S/c1-4-32(2)48(68-55(78)45(30-82)62-33(3)71)56(79)66-43(27-36-17-23-40(73)24-18-36)53(76)64-41(12-8-9-25-58)52(75)65-42(26-35-15-21-39(72)22-16-35)54(77)67-44(57(80)81)28-34-13-19-38(20-14-34)63-46(74)29-70-51-47(50(59)60-31-61-51)49(69-70)37-10-6-5-7-11-37/h5-7,10-11,13-24,31-32,41-45,48,72-73,82H,4,8-9,12,25-30,58H2,1-3H3,(H,62,71)(H,63,74)(H,64,76)(H,65,75)(H,66,79)(H,67,77)(H,68,78)(H,80,81)(H2,59,60,61). The van der Waals surface area contributed by atoms with E-state index in [9.17, 15) is 53.7 Å². The molecule has 7 unspecified atom stereocenters. The van der Waals surface area contributed by atoms with Gasteiger partial charge in [-0.2, -0.15) is 17.7 Å². The number of aromatic hydroxyl groups is 2. The van der Waals surface area contributed by atoms with Crippen molar-refractivity contribution >= 4 is 82.5 Å². The Morgan fingerprint density at radius 3 is 1.68 bits per heavy atom. The smallest absolute Gasteiger partial charge is 0.326 e. The highest BCUT2D eigenvalue weighted by atomic mass is 32.1. The molecule has 0 fully saturated rings. The lowest BCUT2D eigenvalue weighted by Crippen LogP contribution is -2.61. The fourth-order valence-corrected chi connectivity index (χ4v) is 9.08. The lowest BCUT2D eigenvalue weighted by atomic mass is 9.96. The number of aliphatic carboxylic acids is 1. The Balaban J connectivity index is 1.18. The number of carbonyl (C=O) groups excluding carboxylic acids is 7. The first-order valence-electron chi connectivity index (χ1n) is 26.6. The van der Waals surface area contributed by atoms with E-state index in [1.807, 2.05) is 30.3 Å². The number of benzene rings is 4. The number of phenols is 2. The summed E-state index contributed by atoms with van der Waals surface area (Å²) in [5, 5.41) is 54.3. The number of unbranched alkanes of at least 4 members (excludes halogenated alkanes) is 1. The third-order valence-corrected chi connectivity index (χ3v) is 13.8. The Labute approximate surface area is 478 Å². The number of anilines is 2. The molecule has 0 saturated heterocycles. The van der Waals surface area contributed by atoms with Gasteiger partial charge >= 0.3 is 5.97 Å². The number of hydrogen-bond donors (Lipinski definition) is 13. The third-order valence-electron chi connectivity index (χ3n) is 13.5. The largest absolute Gasteiger partial charge is 0.508 e. The van der Waals surface area contributed by atoms with E-state index >= 15 is 0 Å². The maximum atomic E-state index is 14.5. The number of nitrogen functional groups attached to an aromatic ring is 1. The summed E-state index contributed by atoms with van der Waals surface area (Å²) in [7, 11) is 0. The Kier molecular flexibility index (Phi) is 22.7. The van der Waals surface area contributed by atoms with E-state index < -0.39 is 89.5 Å². The zero-order chi connectivity index (χ0) is 59.5. The average Bonchev–Trinajstić information content (AvgIpc) is 4.11. The maximum absolute atomic E-state index is 14.5. The van der Waals surface area contributed by atoms with Gasteiger partial charge in [-0.15, -0.1) is 0 Å². The summed E-state index contributed by atoms with van der Waals surface area (Å²) in [6, 6.07) is 19.2. The summed E-state index contributed by atoms with van der Waals surface area (Å²) in [5.41, 5.74) is 15.5. The molecule has 0 radical (unpaired) electrons. The second-order valence-electron chi connectivity index (χ2n) is 19.7. The van der Waals surface area contributed by atoms with E-state index in [0.717, 1.165) is 5.56 Å². The number of hydrogen-bond acceptors (Lipinski definition) is 16. The van der Waals surface area contributed by atoms with Crippen molar-refractivity contribution in [2.75, 3.05) is 23.3 Å². The van der Waals surface area contributed by atoms with Gasteiger partial charge in [0.2, 0.25) is 41.4 Å². The van der Waals surface area contributed by atoms with Crippen molar-refractivity contribution in [2.24, 2.45) is 11.7 Å². The van der Waals surface area contributed by atoms with Gasteiger partial charge in [0.1, 0.15) is 72.1 Å². The number of nitrogens with zero attached hydrogens (tertiary/aromatic N) is 4. The fraction of sp³-hybridized carbons (Fsp3) is 0.351. The number of aromatic nitrogens is 4. The molecule has 7 atom stereocenters. The summed E-state index contributed by atoms with van der Waals surface area (Å²) >= 11 is 4.18. The van der Waals surface area contributed by atoms with Crippen molar-refractivity contribution < 1.29 is 53.7 Å². The Morgan fingerprint density at radius 2 is 1.15 bits per heavy atom. The predicted octanol–water partition coefficient (Wildman–Crippen LogP) is 2.27. The van der Waals surface area contributed by atoms with Gasteiger partial charge in [0.15, 0.2) is 5.65 Å². The molecule has 0 bridgehead atoms. The van der Waals surface area contributed by atoms with Crippen LogP contribution >= 0.6 is 12.6 Å². The van der Waals surface area contributed by atoms with Crippen molar-refractivity contribution in [2.45, 2.75) is 109 Å². The van der Waals surface area contributed by atoms with E-state index in [0.29, 0.717) is 58.4 Å². The normalized spacial score (nSPS) is 13.7. The average molecular weight is 1140 g/mol. The second kappa shape index (κ2) is 29.9. The highest BCUT2D eigenvalue weighted by Crippen LogP contribution is 2.30. The van der Waals surface area contributed by atoms with E-state index in [1.54, 1.807) is 50.2 Å². The van der Waals surface area contributed by atoms with Crippen LogP contribution in [0, 0.1) is 5.92 Å². The van der Waals surface area contributed by atoms with Gasteiger partial charge in [-0.25, -0.2) is 19.4 Å². The highest BCUT2D eigenvalue weighted by Gasteiger charge is 2.35. The lowest BCUT2D eigenvalue weighted by Gasteiger charge is -2.29. The van der Waals surface area contributed by atoms with Gasteiger partial charge in [0, 0.05) is 43.2 Å². The van der Waals surface area contributed by atoms with Crippen LogP contribution in [0.15, 0.2) is 109 Å². The molecule has 25 heteroatoms. The first-order chi connectivity index (χ1) is 39.3. The number of carboxylic acid groups (broad SMARTS) is 1. The molecular formula is C57H69N13O11S. The topological polar surface area (TPSA) is 377 Å². The SMILES string of the molecule is CCC(C)C(NC(=O)C(CS)NC(C)=O)C(=O)NC(Cc1ccc(O)cc1)C(=O)NC(CCCCN)C(=O)NC(Cc1ccc(O)cc1)C(=O)NC(Cc1ccc(NC(=O)Cn2nc(-c3ccccc3)c3c(N)ncnc32)cc1)C(=O)O. The number of nitrogens with two attached hydrogens (primary N) is 2. The van der Waals surface area contributed by atoms with Crippen LogP contribution in [0.5, 0.6) is 11.5 Å².